The molecule has 8 heteroatoms. The summed E-state index contributed by atoms with van der Waals surface area (Å²) in [4.78, 5) is 25.0. The van der Waals surface area contributed by atoms with Gasteiger partial charge in [0.1, 0.15) is 18.5 Å². The summed E-state index contributed by atoms with van der Waals surface area (Å²) in [6, 6.07) is 16.3. The van der Waals surface area contributed by atoms with Crippen LogP contribution in [0.5, 0.6) is 5.75 Å². The number of benzene rings is 3. The molecule has 0 heterocycles. The lowest BCUT2D eigenvalue weighted by Gasteiger charge is -2.14. The van der Waals surface area contributed by atoms with Crippen molar-refractivity contribution >= 4 is 11.7 Å². The molecule has 1 aliphatic carbocycles. The standard InChI is InChI=1S/C24H18F3NO4/c25-24(26,27)15-4-3-5-17(11-15)32-13-16(29)12-28-23(31)14-8-9-19-18-6-1-2-7-20(18)22(30)21(19)10-14/h1-11,16,29H,12-13H2,(H,28,31). The van der Waals surface area contributed by atoms with Gasteiger partial charge in [-0.25, -0.2) is 0 Å². The van der Waals surface area contributed by atoms with Crippen LogP contribution in [-0.4, -0.2) is 36.1 Å². The lowest BCUT2D eigenvalue weighted by Crippen LogP contribution is -2.35. The number of ether oxygens (including phenoxy) is 1. The number of carbonyl (C=O) groups is 2. The Hall–Kier alpha value is -3.65. The van der Waals surface area contributed by atoms with Crippen LogP contribution in [0.1, 0.15) is 31.8 Å². The van der Waals surface area contributed by atoms with Gasteiger partial charge in [-0.1, -0.05) is 36.4 Å². The number of aliphatic hydroxyl groups is 1. The zero-order valence-electron chi connectivity index (χ0n) is 16.6. The predicted molar refractivity (Wildman–Crippen MR) is 111 cm³/mol. The number of amides is 1. The smallest absolute Gasteiger partial charge is 0.416 e. The molecule has 0 saturated heterocycles. The van der Waals surface area contributed by atoms with Crippen LogP contribution in [0.2, 0.25) is 0 Å². The minimum atomic E-state index is -4.50. The van der Waals surface area contributed by atoms with Gasteiger partial charge in [-0.3, -0.25) is 9.59 Å². The number of fused-ring (bicyclic) bond motifs is 3. The van der Waals surface area contributed by atoms with E-state index in [0.717, 1.165) is 23.3 Å². The third kappa shape index (κ3) is 4.36. The molecule has 0 radical (unpaired) electrons. The molecule has 0 fully saturated rings. The molecule has 3 aromatic rings. The van der Waals surface area contributed by atoms with Crippen LogP contribution in [0.15, 0.2) is 66.7 Å². The molecule has 1 unspecified atom stereocenters. The largest absolute Gasteiger partial charge is 0.491 e. The summed E-state index contributed by atoms with van der Waals surface area (Å²) in [6.07, 6.45) is -5.64. The molecule has 1 aliphatic rings. The number of ketones is 1. The van der Waals surface area contributed by atoms with Crippen LogP contribution < -0.4 is 10.1 Å². The number of carbonyl (C=O) groups excluding carboxylic acids is 2. The molecule has 164 valence electrons. The number of alkyl halides is 3. The quantitative estimate of drug-likeness (QED) is 0.473. The maximum absolute atomic E-state index is 12.7. The summed E-state index contributed by atoms with van der Waals surface area (Å²) in [5.41, 5.74) is 2.01. The topological polar surface area (TPSA) is 75.6 Å². The summed E-state index contributed by atoms with van der Waals surface area (Å²) in [5.74, 6) is -0.684. The van der Waals surface area contributed by atoms with E-state index in [1.54, 1.807) is 24.3 Å². The first kappa shape index (κ1) is 21.6. The lowest BCUT2D eigenvalue weighted by atomic mass is 10.0. The Kier molecular flexibility index (Phi) is 5.71. The molecule has 32 heavy (non-hydrogen) atoms. The highest BCUT2D eigenvalue weighted by Crippen LogP contribution is 2.36. The van der Waals surface area contributed by atoms with Gasteiger partial charge in [-0.2, -0.15) is 13.2 Å². The van der Waals surface area contributed by atoms with E-state index in [0.29, 0.717) is 11.1 Å². The summed E-state index contributed by atoms with van der Waals surface area (Å²) < 4.78 is 43.5. The molecular weight excluding hydrogens is 423 g/mol. The third-order valence-corrected chi connectivity index (χ3v) is 5.09. The van der Waals surface area contributed by atoms with E-state index >= 15 is 0 Å². The van der Waals surface area contributed by atoms with Crippen molar-refractivity contribution in [1.29, 1.82) is 0 Å². The van der Waals surface area contributed by atoms with Crippen molar-refractivity contribution < 1.29 is 32.6 Å². The highest BCUT2D eigenvalue weighted by Gasteiger charge is 2.30. The summed E-state index contributed by atoms with van der Waals surface area (Å²) in [5, 5.41) is 12.6. The molecular formula is C24H18F3NO4. The predicted octanol–water partition coefficient (Wildman–Crippen LogP) is 4.09. The molecule has 0 aromatic heterocycles. The van der Waals surface area contributed by atoms with E-state index in [9.17, 15) is 27.9 Å². The van der Waals surface area contributed by atoms with Crippen molar-refractivity contribution in [2.45, 2.75) is 12.3 Å². The number of rotatable bonds is 6. The first-order valence-corrected chi connectivity index (χ1v) is 9.78. The maximum Gasteiger partial charge on any atom is 0.416 e. The number of aliphatic hydroxyl groups excluding tert-OH is 1. The fourth-order valence-electron chi connectivity index (χ4n) is 3.50. The second-order valence-electron chi connectivity index (χ2n) is 7.34. The minimum Gasteiger partial charge on any atom is -0.491 e. The van der Waals surface area contributed by atoms with Gasteiger partial charge in [0.15, 0.2) is 5.78 Å². The second-order valence-corrected chi connectivity index (χ2v) is 7.34. The van der Waals surface area contributed by atoms with Crippen LogP contribution in [0.4, 0.5) is 13.2 Å². The number of nitrogens with one attached hydrogen (secondary N) is 1. The monoisotopic (exact) mass is 441 g/mol. The van der Waals surface area contributed by atoms with Gasteiger partial charge < -0.3 is 15.2 Å². The van der Waals surface area contributed by atoms with Crippen LogP contribution in [0.3, 0.4) is 0 Å². The minimum absolute atomic E-state index is 0.0399. The Bertz CT molecular complexity index is 1190. The van der Waals surface area contributed by atoms with E-state index in [4.69, 9.17) is 4.74 Å². The van der Waals surface area contributed by atoms with E-state index in [1.807, 2.05) is 12.1 Å². The van der Waals surface area contributed by atoms with Gasteiger partial charge in [-0.15, -0.1) is 0 Å². The molecule has 4 rings (SSSR count). The highest BCUT2D eigenvalue weighted by atomic mass is 19.4. The SMILES string of the molecule is O=C(NCC(O)COc1cccc(C(F)(F)F)c1)c1ccc2c(c1)C(=O)c1ccccc1-2. The molecule has 2 N–H and O–H groups in total. The Morgan fingerprint density at radius 2 is 1.66 bits per heavy atom. The van der Waals surface area contributed by atoms with Gasteiger partial charge in [-0.05, 0) is 41.5 Å². The average Bonchev–Trinajstić information content (AvgIpc) is 3.07. The third-order valence-electron chi connectivity index (χ3n) is 5.09. The molecule has 1 amide bonds. The Balaban J connectivity index is 1.34. The molecule has 0 spiro atoms. The molecule has 0 saturated carbocycles. The van der Waals surface area contributed by atoms with E-state index in [1.165, 1.54) is 18.2 Å². The summed E-state index contributed by atoms with van der Waals surface area (Å²) in [6.45, 7) is -0.484. The van der Waals surface area contributed by atoms with E-state index in [2.05, 4.69) is 5.32 Å². The Morgan fingerprint density at radius 3 is 2.41 bits per heavy atom. The zero-order chi connectivity index (χ0) is 22.9. The maximum atomic E-state index is 12.7. The van der Waals surface area contributed by atoms with Crippen molar-refractivity contribution in [2.75, 3.05) is 13.2 Å². The molecule has 1 atom stereocenters. The summed E-state index contributed by atoms with van der Waals surface area (Å²) >= 11 is 0. The second kappa shape index (κ2) is 8.47. The average molecular weight is 441 g/mol. The number of hydrogen-bond donors (Lipinski definition) is 2. The molecule has 0 bridgehead atoms. The first-order chi connectivity index (χ1) is 15.2. The normalized spacial score (nSPS) is 13.3. The van der Waals surface area contributed by atoms with Crippen LogP contribution >= 0.6 is 0 Å². The Labute approximate surface area is 181 Å². The molecule has 3 aromatic carbocycles. The van der Waals surface area contributed by atoms with Gasteiger partial charge >= 0.3 is 6.18 Å². The van der Waals surface area contributed by atoms with Gasteiger partial charge in [0.2, 0.25) is 0 Å². The zero-order valence-corrected chi connectivity index (χ0v) is 16.6. The van der Waals surface area contributed by atoms with Gasteiger partial charge in [0.05, 0.1) is 5.56 Å². The van der Waals surface area contributed by atoms with Crippen molar-refractivity contribution in [3.05, 3.63) is 89.0 Å². The van der Waals surface area contributed by atoms with Crippen molar-refractivity contribution in [2.24, 2.45) is 0 Å². The van der Waals surface area contributed by atoms with E-state index in [-0.39, 0.29) is 30.2 Å². The number of hydrogen-bond acceptors (Lipinski definition) is 4. The highest BCUT2D eigenvalue weighted by molar-refractivity contribution is 6.22. The van der Waals surface area contributed by atoms with Gasteiger partial charge in [0.25, 0.3) is 5.91 Å². The first-order valence-electron chi connectivity index (χ1n) is 9.78. The Morgan fingerprint density at radius 1 is 0.938 bits per heavy atom. The molecule has 5 nitrogen and oxygen atoms in total. The summed E-state index contributed by atoms with van der Waals surface area (Å²) in [7, 11) is 0. The van der Waals surface area contributed by atoms with Crippen molar-refractivity contribution in [1.82, 2.24) is 5.32 Å². The van der Waals surface area contributed by atoms with Crippen LogP contribution in [0.25, 0.3) is 11.1 Å². The van der Waals surface area contributed by atoms with Crippen LogP contribution in [0, 0.1) is 0 Å². The molecule has 0 aliphatic heterocycles. The van der Waals surface area contributed by atoms with Gasteiger partial charge in [0, 0.05) is 23.2 Å². The fourth-order valence-corrected chi connectivity index (χ4v) is 3.50. The lowest BCUT2D eigenvalue weighted by molar-refractivity contribution is -0.137. The van der Waals surface area contributed by atoms with E-state index < -0.39 is 23.8 Å². The number of halogens is 3. The van der Waals surface area contributed by atoms with Crippen molar-refractivity contribution in [3.8, 4) is 16.9 Å². The van der Waals surface area contributed by atoms with Crippen LogP contribution in [-0.2, 0) is 6.18 Å². The fraction of sp³-hybridized carbons (Fsp3) is 0.167. The van der Waals surface area contributed by atoms with Crippen molar-refractivity contribution in [3.63, 3.8) is 0 Å².